The minimum absolute atomic E-state index is 0.106. The Hall–Kier alpha value is -2.75. The molecule has 176 valence electrons. The SMILES string of the molecule is Cc1ccc(C(=O)Nc2ccccc2C(=O)N2CCCCC2)cc1S(=O)(=O)N1CCOCC1. The molecule has 0 bridgehead atoms. The largest absolute Gasteiger partial charge is 0.379 e. The van der Waals surface area contributed by atoms with Gasteiger partial charge in [-0.05, 0) is 56.0 Å². The number of aryl methyl sites for hydroxylation is 1. The van der Waals surface area contributed by atoms with Gasteiger partial charge in [0.05, 0.1) is 29.4 Å². The van der Waals surface area contributed by atoms with E-state index in [1.165, 1.54) is 10.4 Å². The molecule has 2 aliphatic rings. The van der Waals surface area contributed by atoms with E-state index < -0.39 is 15.9 Å². The zero-order valence-corrected chi connectivity index (χ0v) is 19.6. The molecule has 2 aliphatic heterocycles. The minimum Gasteiger partial charge on any atom is -0.379 e. The molecular weight excluding hydrogens is 442 g/mol. The summed E-state index contributed by atoms with van der Waals surface area (Å²) in [5.74, 6) is -0.572. The van der Waals surface area contributed by atoms with E-state index in [9.17, 15) is 18.0 Å². The van der Waals surface area contributed by atoms with Gasteiger partial charge in [0.2, 0.25) is 10.0 Å². The van der Waals surface area contributed by atoms with Crippen molar-refractivity contribution in [3.05, 3.63) is 59.2 Å². The summed E-state index contributed by atoms with van der Waals surface area (Å²) in [5, 5.41) is 2.81. The molecule has 2 amide bonds. The third-order valence-electron chi connectivity index (χ3n) is 6.09. The van der Waals surface area contributed by atoms with Crippen molar-refractivity contribution < 1.29 is 22.7 Å². The van der Waals surface area contributed by atoms with Crippen molar-refractivity contribution >= 4 is 27.5 Å². The van der Waals surface area contributed by atoms with Gasteiger partial charge in [0.25, 0.3) is 11.8 Å². The van der Waals surface area contributed by atoms with E-state index in [4.69, 9.17) is 4.74 Å². The molecular formula is C24H29N3O5S. The Labute approximate surface area is 194 Å². The lowest BCUT2D eigenvalue weighted by Crippen LogP contribution is -2.40. The molecule has 0 saturated carbocycles. The second kappa shape index (κ2) is 10.0. The number of para-hydroxylation sites is 1. The van der Waals surface area contributed by atoms with Crippen LogP contribution in [-0.4, -0.2) is 68.8 Å². The van der Waals surface area contributed by atoms with Crippen molar-refractivity contribution in [1.29, 1.82) is 0 Å². The number of rotatable bonds is 5. The molecule has 2 aromatic rings. The van der Waals surface area contributed by atoms with E-state index in [-0.39, 0.29) is 29.5 Å². The van der Waals surface area contributed by atoms with Gasteiger partial charge in [-0.2, -0.15) is 4.31 Å². The predicted molar refractivity (Wildman–Crippen MR) is 125 cm³/mol. The van der Waals surface area contributed by atoms with Crippen molar-refractivity contribution in [1.82, 2.24) is 9.21 Å². The zero-order chi connectivity index (χ0) is 23.4. The number of benzene rings is 2. The zero-order valence-electron chi connectivity index (χ0n) is 18.7. The van der Waals surface area contributed by atoms with E-state index in [0.29, 0.717) is 43.1 Å². The first-order valence-corrected chi connectivity index (χ1v) is 12.7. The number of piperidine rings is 1. The highest BCUT2D eigenvalue weighted by molar-refractivity contribution is 7.89. The maximum atomic E-state index is 13.1. The van der Waals surface area contributed by atoms with E-state index in [0.717, 1.165) is 19.3 Å². The van der Waals surface area contributed by atoms with Crippen LogP contribution in [-0.2, 0) is 14.8 Å². The van der Waals surface area contributed by atoms with Crippen molar-refractivity contribution in [2.45, 2.75) is 31.1 Å². The second-order valence-electron chi connectivity index (χ2n) is 8.35. The Kier molecular flexibility index (Phi) is 7.11. The number of hydrogen-bond donors (Lipinski definition) is 1. The summed E-state index contributed by atoms with van der Waals surface area (Å²) in [7, 11) is -3.75. The molecule has 9 heteroatoms. The lowest BCUT2D eigenvalue weighted by molar-refractivity contribution is 0.0725. The van der Waals surface area contributed by atoms with Crippen LogP contribution in [0.25, 0.3) is 0 Å². The summed E-state index contributed by atoms with van der Waals surface area (Å²) in [4.78, 5) is 28.0. The van der Waals surface area contributed by atoms with Crippen LogP contribution in [0.4, 0.5) is 5.69 Å². The molecule has 0 radical (unpaired) electrons. The summed E-state index contributed by atoms with van der Waals surface area (Å²) in [6.07, 6.45) is 3.07. The van der Waals surface area contributed by atoms with Crippen LogP contribution in [0.1, 0.15) is 45.5 Å². The third-order valence-corrected chi connectivity index (χ3v) is 8.13. The fourth-order valence-electron chi connectivity index (χ4n) is 4.19. The molecule has 4 rings (SSSR count). The molecule has 0 aliphatic carbocycles. The Bertz CT molecular complexity index is 1140. The minimum atomic E-state index is -3.75. The van der Waals surface area contributed by atoms with Gasteiger partial charge in [0.15, 0.2) is 0 Å². The van der Waals surface area contributed by atoms with Crippen molar-refractivity contribution in [3.63, 3.8) is 0 Å². The quantitative estimate of drug-likeness (QED) is 0.723. The number of carbonyl (C=O) groups excluding carboxylic acids is 2. The molecule has 0 atom stereocenters. The van der Waals surface area contributed by atoms with Crippen LogP contribution in [0.2, 0.25) is 0 Å². The number of amides is 2. The molecule has 2 fully saturated rings. The average Bonchev–Trinajstić information content (AvgIpc) is 2.85. The summed E-state index contributed by atoms with van der Waals surface area (Å²) in [5.41, 5.74) is 1.63. The standard InChI is InChI=1S/C24H29N3O5S/c1-18-9-10-19(17-22(18)33(30,31)27-13-15-32-16-14-27)23(28)25-21-8-4-3-7-20(21)24(29)26-11-5-2-6-12-26/h3-4,7-10,17H,2,5-6,11-16H2,1H3,(H,25,28). The highest BCUT2D eigenvalue weighted by atomic mass is 32.2. The molecule has 1 N–H and O–H groups in total. The van der Waals surface area contributed by atoms with Crippen molar-refractivity contribution in [2.24, 2.45) is 0 Å². The fourth-order valence-corrected chi connectivity index (χ4v) is 5.84. The summed E-state index contributed by atoms with van der Waals surface area (Å²) >= 11 is 0. The monoisotopic (exact) mass is 471 g/mol. The van der Waals surface area contributed by atoms with E-state index in [2.05, 4.69) is 5.32 Å². The van der Waals surface area contributed by atoms with E-state index in [1.54, 1.807) is 43.3 Å². The van der Waals surface area contributed by atoms with Crippen LogP contribution in [0, 0.1) is 6.92 Å². The molecule has 8 nitrogen and oxygen atoms in total. The van der Waals surface area contributed by atoms with Gasteiger partial charge in [0, 0.05) is 31.7 Å². The van der Waals surface area contributed by atoms with Gasteiger partial charge in [-0.1, -0.05) is 18.2 Å². The van der Waals surface area contributed by atoms with Gasteiger partial charge in [-0.15, -0.1) is 0 Å². The maximum Gasteiger partial charge on any atom is 0.255 e. The number of anilines is 1. The lowest BCUT2D eigenvalue weighted by Gasteiger charge is -2.27. The summed E-state index contributed by atoms with van der Waals surface area (Å²) < 4.78 is 32.9. The Balaban J connectivity index is 1.58. The normalized spacial score (nSPS) is 17.5. The molecule has 0 unspecified atom stereocenters. The molecule has 2 aromatic carbocycles. The van der Waals surface area contributed by atoms with Gasteiger partial charge < -0.3 is 15.0 Å². The number of nitrogens with one attached hydrogen (secondary N) is 1. The third kappa shape index (κ3) is 5.10. The molecule has 0 spiro atoms. The average molecular weight is 472 g/mol. The molecule has 2 heterocycles. The fraction of sp³-hybridized carbons (Fsp3) is 0.417. The highest BCUT2D eigenvalue weighted by Crippen LogP contribution is 2.24. The predicted octanol–water partition coefficient (Wildman–Crippen LogP) is 2.89. The molecule has 2 saturated heterocycles. The topological polar surface area (TPSA) is 96.0 Å². The van der Waals surface area contributed by atoms with Crippen LogP contribution >= 0.6 is 0 Å². The number of carbonyl (C=O) groups is 2. The van der Waals surface area contributed by atoms with E-state index >= 15 is 0 Å². The summed E-state index contributed by atoms with van der Waals surface area (Å²) in [6, 6.07) is 11.6. The number of likely N-dealkylation sites (tertiary alicyclic amines) is 1. The Morgan fingerprint density at radius 1 is 0.939 bits per heavy atom. The smallest absolute Gasteiger partial charge is 0.255 e. The van der Waals surface area contributed by atoms with Gasteiger partial charge in [-0.3, -0.25) is 9.59 Å². The molecule has 33 heavy (non-hydrogen) atoms. The van der Waals surface area contributed by atoms with E-state index in [1.807, 2.05) is 4.90 Å². The number of nitrogens with zero attached hydrogens (tertiary/aromatic N) is 2. The number of hydrogen-bond acceptors (Lipinski definition) is 5. The van der Waals surface area contributed by atoms with Crippen LogP contribution in [0.3, 0.4) is 0 Å². The van der Waals surface area contributed by atoms with Crippen LogP contribution in [0.15, 0.2) is 47.4 Å². The Morgan fingerprint density at radius 3 is 2.36 bits per heavy atom. The van der Waals surface area contributed by atoms with Gasteiger partial charge in [-0.25, -0.2) is 8.42 Å². The van der Waals surface area contributed by atoms with Crippen molar-refractivity contribution in [3.8, 4) is 0 Å². The first kappa shape index (κ1) is 23.4. The van der Waals surface area contributed by atoms with Crippen LogP contribution in [0.5, 0.6) is 0 Å². The van der Waals surface area contributed by atoms with Gasteiger partial charge >= 0.3 is 0 Å². The first-order valence-electron chi connectivity index (χ1n) is 11.3. The number of morpholine rings is 1. The van der Waals surface area contributed by atoms with Crippen molar-refractivity contribution in [2.75, 3.05) is 44.7 Å². The highest BCUT2D eigenvalue weighted by Gasteiger charge is 2.29. The number of sulfonamides is 1. The summed E-state index contributed by atoms with van der Waals surface area (Å²) in [6.45, 7) is 4.39. The van der Waals surface area contributed by atoms with Gasteiger partial charge in [0.1, 0.15) is 0 Å². The lowest BCUT2D eigenvalue weighted by atomic mass is 10.1. The molecule has 0 aromatic heterocycles. The maximum absolute atomic E-state index is 13.1. The first-order chi connectivity index (χ1) is 15.9. The Morgan fingerprint density at radius 2 is 1.64 bits per heavy atom. The second-order valence-corrected chi connectivity index (χ2v) is 10.3. The van der Waals surface area contributed by atoms with Crippen LogP contribution < -0.4 is 5.32 Å². The number of ether oxygens (including phenoxy) is 1.